The van der Waals surface area contributed by atoms with Crippen LogP contribution in [-0.2, 0) is 6.42 Å². The van der Waals surface area contributed by atoms with Gasteiger partial charge in [-0.05, 0) is 43.4 Å². The number of hydrogen-bond donors (Lipinski definition) is 2. The van der Waals surface area contributed by atoms with Crippen molar-refractivity contribution < 1.29 is 0 Å². The number of allylic oxidation sites excluding steroid dienone is 1. The molecule has 0 spiro atoms. The second-order valence-electron chi connectivity index (χ2n) is 4.35. The first-order valence-electron chi connectivity index (χ1n) is 6.32. The third-order valence-electron chi connectivity index (χ3n) is 2.93. The van der Waals surface area contributed by atoms with Crippen LogP contribution in [0.3, 0.4) is 0 Å². The molecule has 0 radical (unpaired) electrons. The number of nitrogens with one attached hydrogen (secondary N) is 1. The van der Waals surface area contributed by atoms with E-state index in [9.17, 15) is 0 Å². The summed E-state index contributed by atoms with van der Waals surface area (Å²) in [6, 6.07) is 4.45. The second-order valence-corrected chi connectivity index (χ2v) is 4.35. The fourth-order valence-electron chi connectivity index (χ4n) is 1.90. The summed E-state index contributed by atoms with van der Waals surface area (Å²) in [5, 5.41) is 0. The van der Waals surface area contributed by atoms with Crippen LogP contribution in [-0.4, -0.2) is 11.0 Å². The van der Waals surface area contributed by atoms with Crippen LogP contribution in [0.4, 0.5) is 0 Å². The smallest absolute Gasteiger partial charge is 0.0270 e. The molecule has 1 unspecified atom stereocenters. The minimum atomic E-state index is 0.362. The molecule has 0 saturated heterocycles. The van der Waals surface area contributed by atoms with Crippen molar-refractivity contribution in [2.24, 2.45) is 5.84 Å². The number of unbranched alkanes of at least 4 members (excludes halogenated alkanes) is 3. The molecular weight excluding hydrogens is 210 g/mol. The lowest BCUT2D eigenvalue weighted by molar-refractivity contribution is 0.464. The monoisotopic (exact) mass is 233 g/mol. The Bertz CT molecular complexity index is 298. The lowest BCUT2D eigenvalue weighted by Gasteiger charge is -2.15. The number of hydrogen-bond acceptors (Lipinski definition) is 3. The number of nitrogens with zero attached hydrogens (tertiary/aromatic N) is 1. The van der Waals surface area contributed by atoms with Crippen LogP contribution in [0.5, 0.6) is 0 Å². The second kappa shape index (κ2) is 8.90. The van der Waals surface area contributed by atoms with Gasteiger partial charge in [-0.2, -0.15) is 0 Å². The summed E-state index contributed by atoms with van der Waals surface area (Å²) in [6.07, 6.45) is 12.5. The van der Waals surface area contributed by atoms with Gasteiger partial charge in [-0.15, -0.1) is 6.58 Å². The highest BCUT2D eigenvalue weighted by molar-refractivity contribution is 5.11. The highest BCUT2D eigenvalue weighted by atomic mass is 15.2. The zero-order valence-electron chi connectivity index (χ0n) is 10.4. The Balaban J connectivity index is 2.22. The molecule has 0 amide bonds. The van der Waals surface area contributed by atoms with Gasteiger partial charge in [0.2, 0.25) is 0 Å². The van der Waals surface area contributed by atoms with Crippen molar-refractivity contribution >= 4 is 0 Å². The normalized spacial score (nSPS) is 12.3. The summed E-state index contributed by atoms with van der Waals surface area (Å²) in [5.41, 5.74) is 4.19. The van der Waals surface area contributed by atoms with Gasteiger partial charge < -0.3 is 0 Å². The van der Waals surface area contributed by atoms with Crippen molar-refractivity contribution in [1.82, 2.24) is 10.4 Å². The fraction of sp³-hybridized carbons (Fsp3) is 0.500. The molecule has 1 heterocycles. The molecule has 1 aromatic rings. The van der Waals surface area contributed by atoms with Gasteiger partial charge in [0.05, 0.1) is 0 Å². The van der Waals surface area contributed by atoms with Crippen molar-refractivity contribution in [3.05, 3.63) is 42.7 Å². The number of nitrogens with two attached hydrogens (primary N) is 1. The van der Waals surface area contributed by atoms with Gasteiger partial charge in [0.1, 0.15) is 0 Å². The molecule has 1 aromatic heterocycles. The molecule has 94 valence electrons. The summed E-state index contributed by atoms with van der Waals surface area (Å²) in [5.74, 6) is 5.58. The van der Waals surface area contributed by atoms with E-state index in [-0.39, 0.29) is 0 Å². The van der Waals surface area contributed by atoms with E-state index >= 15 is 0 Å². The van der Waals surface area contributed by atoms with Crippen LogP contribution in [0.15, 0.2) is 37.2 Å². The van der Waals surface area contributed by atoms with E-state index in [4.69, 9.17) is 5.84 Å². The van der Waals surface area contributed by atoms with Crippen LogP contribution in [0, 0.1) is 0 Å². The minimum Gasteiger partial charge on any atom is -0.271 e. The Hall–Kier alpha value is -1.19. The molecule has 0 saturated carbocycles. The number of aromatic nitrogens is 1. The zero-order valence-corrected chi connectivity index (χ0v) is 10.4. The number of pyridine rings is 1. The summed E-state index contributed by atoms with van der Waals surface area (Å²) in [4.78, 5) is 4.01. The summed E-state index contributed by atoms with van der Waals surface area (Å²) >= 11 is 0. The predicted molar refractivity (Wildman–Crippen MR) is 72.3 cm³/mol. The third kappa shape index (κ3) is 6.19. The van der Waals surface area contributed by atoms with Crippen molar-refractivity contribution in [1.29, 1.82) is 0 Å². The molecular formula is C14H23N3. The van der Waals surface area contributed by atoms with Crippen molar-refractivity contribution in [3.8, 4) is 0 Å². The number of rotatable bonds is 9. The lowest BCUT2D eigenvalue weighted by atomic mass is 10.0. The van der Waals surface area contributed by atoms with Gasteiger partial charge in [0.15, 0.2) is 0 Å². The van der Waals surface area contributed by atoms with Gasteiger partial charge in [-0.3, -0.25) is 16.3 Å². The predicted octanol–water partition coefficient (Wildman–Crippen LogP) is 2.59. The van der Waals surface area contributed by atoms with Crippen molar-refractivity contribution in [2.75, 3.05) is 0 Å². The molecule has 3 N–H and O–H groups in total. The Kier molecular flexibility index (Phi) is 7.27. The fourth-order valence-corrected chi connectivity index (χ4v) is 1.90. The molecule has 0 aliphatic carbocycles. The first-order chi connectivity index (χ1) is 8.36. The van der Waals surface area contributed by atoms with Gasteiger partial charge in [0, 0.05) is 18.4 Å². The topological polar surface area (TPSA) is 50.9 Å². The SMILES string of the molecule is C=CCCCCCC(Cc1ccncc1)NN. The Morgan fingerprint density at radius 3 is 2.71 bits per heavy atom. The van der Waals surface area contributed by atoms with Crippen LogP contribution in [0.2, 0.25) is 0 Å². The van der Waals surface area contributed by atoms with Gasteiger partial charge in [-0.25, -0.2) is 0 Å². The molecule has 0 aliphatic heterocycles. The Morgan fingerprint density at radius 2 is 2.06 bits per heavy atom. The van der Waals surface area contributed by atoms with Crippen LogP contribution < -0.4 is 11.3 Å². The zero-order chi connectivity index (χ0) is 12.3. The van der Waals surface area contributed by atoms with Gasteiger partial charge in [-0.1, -0.05) is 18.9 Å². The third-order valence-corrected chi connectivity index (χ3v) is 2.93. The average molecular weight is 233 g/mol. The molecule has 1 atom stereocenters. The maximum Gasteiger partial charge on any atom is 0.0270 e. The first-order valence-corrected chi connectivity index (χ1v) is 6.32. The quantitative estimate of drug-likeness (QED) is 0.298. The molecule has 0 aliphatic rings. The van der Waals surface area contributed by atoms with Gasteiger partial charge >= 0.3 is 0 Å². The van der Waals surface area contributed by atoms with Crippen molar-refractivity contribution in [3.63, 3.8) is 0 Å². The standard InChI is InChI=1S/C14H23N3/c1-2-3-4-5-6-7-14(17-15)12-13-8-10-16-11-9-13/h2,8-11,14,17H,1,3-7,12,15H2. The van der Waals surface area contributed by atoms with E-state index in [1.807, 2.05) is 30.6 Å². The Morgan fingerprint density at radius 1 is 1.29 bits per heavy atom. The van der Waals surface area contributed by atoms with E-state index in [0.29, 0.717) is 6.04 Å². The average Bonchev–Trinajstić information content (AvgIpc) is 2.38. The largest absolute Gasteiger partial charge is 0.271 e. The van der Waals surface area contributed by atoms with E-state index < -0.39 is 0 Å². The maximum absolute atomic E-state index is 5.58. The first kappa shape index (κ1) is 13.9. The van der Waals surface area contributed by atoms with Crippen molar-refractivity contribution in [2.45, 2.75) is 44.6 Å². The molecule has 0 bridgehead atoms. The summed E-state index contributed by atoms with van der Waals surface area (Å²) in [6.45, 7) is 3.73. The molecule has 0 fully saturated rings. The van der Waals surface area contributed by atoms with Crippen LogP contribution in [0.25, 0.3) is 0 Å². The van der Waals surface area contributed by atoms with E-state index in [0.717, 1.165) is 19.3 Å². The summed E-state index contributed by atoms with van der Waals surface area (Å²) in [7, 11) is 0. The molecule has 0 aromatic carbocycles. The van der Waals surface area contributed by atoms with Gasteiger partial charge in [0.25, 0.3) is 0 Å². The maximum atomic E-state index is 5.58. The molecule has 3 nitrogen and oxygen atoms in total. The highest BCUT2D eigenvalue weighted by Crippen LogP contribution is 2.10. The summed E-state index contributed by atoms with van der Waals surface area (Å²) < 4.78 is 0. The lowest BCUT2D eigenvalue weighted by Crippen LogP contribution is -2.36. The van der Waals surface area contributed by atoms with E-state index in [2.05, 4.69) is 17.0 Å². The van der Waals surface area contributed by atoms with E-state index in [1.54, 1.807) is 0 Å². The Labute approximate surface area is 104 Å². The van der Waals surface area contributed by atoms with Crippen LogP contribution >= 0.6 is 0 Å². The highest BCUT2D eigenvalue weighted by Gasteiger charge is 2.06. The van der Waals surface area contributed by atoms with E-state index in [1.165, 1.54) is 24.8 Å². The van der Waals surface area contributed by atoms with Crippen LogP contribution in [0.1, 0.15) is 37.7 Å². The minimum absolute atomic E-state index is 0.362. The molecule has 3 heteroatoms. The molecule has 17 heavy (non-hydrogen) atoms. The molecule has 1 rings (SSSR count). The number of hydrazine groups is 1.